The molecule has 0 unspecified atom stereocenters. The first kappa shape index (κ1) is 13.8. The van der Waals surface area contributed by atoms with Gasteiger partial charge in [-0.2, -0.15) is 0 Å². The number of hydrogen-bond acceptors (Lipinski definition) is 4. The molecule has 0 fully saturated rings. The van der Waals surface area contributed by atoms with E-state index < -0.39 is 6.09 Å². The van der Waals surface area contributed by atoms with Crippen LogP contribution in [0.2, 0.25) is 0 Å². The van der Waals surface area contributed by atoms with E-state index in [9.17, 15) is 9.18 Å². The van der Waals surface area contributed by atoms with E-state index in [1.165, 1.54) is 19.4 Å². The number of nitrogens with one attached hydrogen (secondary N) is 2. The third-order valence-corrected chi connectivity index (χ3v) is 2.61. The van der Waals surface area contributed by atoms with Gasteiger partial charge in [0.15, 0.2) is 0 Å². The quantitative estimate of drug-likeness (QED) is 0.900. The predicted molar refractivity (Wildman–Crippen MR) is 74.0 cm³/mol. The van der Waals surface area contributed by atoms with Gasteiger partial charge in [0.2, 0.25) is 0 Å². The Morgan fingerprint density at radius 3 is 2.75 bits per heavy atom. The van der Waals surface area contributed by atoms with Crippen molar-refractivity contribution in [1.29, 1.82) is 0 Å². The summed E-state index contributed by atoms with van der Waals surface area (Å²) in [5.41, 5.74) is 1.08. The summed E-state index contributed by atoms with van der Waals surface area (Å²) in [5, 5.41) is 5.49. The Balaban J connectivity index is 1.94. The molecule has 0 saturated heterocycles. The Hall–Kier alpha value is -2.63. The Bertz CT molecular complexity index is 587. The summed E-state index contributed by atoms with van der Waals surface area (Å²) in [6.07, 6.45) is 0.930. The highest BCUT2D eigenvalue weighted by molar-refractivity contribution is 5.84. The number of benzene rings is 1. The summed E-state index contributed by atoms with van der Waals surface area (Å²) in [7, 11) is 1.28. The summed E-state index contributed by atoms with van der Waals surface area (Å²) in [6.45, 7) is 0.337. The predicted octanol–water partition coefficient (Wildman–Crippen LogP) is 3.01. The van der Waals surface area contributed by atoms with Gasteiger partial charge in [-0.1, -0.05) is 18.2 Å². The van der Waals surface area contributed by atoms with Crippen LogP contribution in [-0.2, 0) is 11.3 Å². The summed E-state index contributed by atoms with van der Waals surface area (Å²) in [5.74, 6) is 0.327. The summed E-state index contributed by atoms with van der Waals surface area (Å²) in [4.78, 5) is 15.1. The standard InChI is InChI=1S/C14H14FN3O2/c1-20-14(19)18-11-6-7-13(17-9-11)16-8-10-4-2-3-5-12(10)15/h2-7,9H,8H2,1H3,(H,16,17)(H,18,19). The van der Waals surface area contributed by atoms with Gasteiger partial charge >= 0.3 is 6.09 Å². The average molecular weight is 275 g/mol. The van der Waals surface area contributed by atoms with Crippen LogP contribution in [0.1, 0.15) is 5.56 Å². The topological polar surface area (TPSA) is 63.2 Å². The summed E-state index contributed by atoms with van der Waals surface area (Å²) in [6, 6.07) is 9.89. The second kappa shape index (κ2) is 6.51. The van der Waals surface area contributed by atoms with E-state index in [1.807, 2.05) is 0 Å². The molecule has 0 aliphatic carbocycles. The third kappa shape index (κ3) is 3.68. The zero-order chi connectivity index (χ0) is 14.4. The number of hydrogen-bond donors (Lipinski definition) is 2. The second-order valence-electron chi connectivity index (χ2n) is 3.99. The first-order valence-corrected chi connectivity index (χ1v) is 5.97. The molecule has 0 aliphatic rings. The SMILES string of the molecule is COC(=O)Nc1ccc(NCc2ccccc2F)nc1. The van der Waals surface area contributed by atoms with Crippen molar-refractivity contribution in [3.8, 4) is 0 Å². The molecule has 1 amide bonds. The number of halogens is 1. The number of rotatable bonds is 4. The Kier molecular flexibility index (Phi) is 4.49. The van der Waals surface area contributed by atoms with E-state index in [2.05, 4.69) is 20.4 Å². The molecule has 6 heteroatoms. The first-order chi connectivity index (χ1) is 9.69. The molecule has 0 saturated carbocycles. The molecule has 104 valence electrons. The van der Waals surface area contributed by atoms with Crippen LogP contribution in [0.3, 0.4) is 0 Å². The zero-order valence-electron chi connectivity index (χ0n) is 10.9. The Morgan fingerprint density at radius 2 is 2.10 bits per heavy atom. The molecule has 1 aromatic carbocycles. The lowest BCUT2D eigenvalue weighted by Crippen LogP contribution is -2.11. The van der Waals surface area contributed by atoms with E-state index in [4.69, 9.17) is 0 Å². The molecule has 0 bridgehead atoms. The van der Waals surface area contributed by atoms with E-state index in [0.717, 1.165) is 0 Å². The van der Waals surface area contributed by atoms with Crippen LogP contribution in [0.5, 0.6) is 0 Å². The molecule has 5 nitrogen and oxygen atoms in total. The minimum absolute atomic E-state index is 0.260. The molecule has 0 radical (unpaired) electrons. The number of pyridine rings is 1. The average Bonchev–Trinajstić information content (AvgIpc) is 2.48. The van der Waals surface area contributed by atoms with E-state index in [-0.39, 0.29) is 5.82 Å². The second-order valence-corrected chi connectivity index (χ2v) is 3.99. The molecule has 0 spiro atoms. The summed E-state index contributed by atoms with van der Waals surface area (Å²) >= 11 is 0. The van der Waals surface area contributed by atoms with Crippen LogP contribution < -0.4 is 10.6 Å². The smallest absolute Gasteiger partial charge is 0.411 e. The minimum atomic E-state index is -0.557. The number of ether oxygens (including phenoxy) is 1. The van der Waals surface area contributed by atoms with Crippen molar-refractivity contribution in [1.82, 2.24) is 4.98 Å². The summed E-state index contributed by atoms with van der Waals surface area (Å²) < 4.78 is 17.9. The molecule has 20 heavy (non-hydrogen) atoms. The van der Waals surface area contributed by atoms with Crippen molar-refractivity contribution in [3.05, 3.63) is 54.0 Å². The minimum Gasteiger partial charge on any atom is -0.453 e. The number of methoxy groups -OCH3 is 1. The zero-order valence-corrected chi connectivity index (χ0v) is 10.9. The molecule has 1 heterocycles. The van der Waals surface area contributed by atoms with Crippen molar-refractivity contribution < 1.29 is 13.9 Å². The maximum Gasteiger partial charge on any atom is 0.411 e. The maximum atomic E-state index is 13.4. The van der Waals surface area contributed by atoms with Crippen molar-refractivity contribution in [3.63, 3.8) is 0 Å². The van der Waals surface area contributed by atoms with Crippen molar-refractivity contribution in [2.45, 2.75) is 6.54 Å². The molecule has 2 N–H and O–H groups in total. The Morgan fingerprint density at radius 1 is 1.30 bits per heavy atom. The number of aromatic nitrogens is 1. The molecule has 1 aromatic heterocycles. The fourth-order valence-corrected chi connectivity index (χ4v) is 1.57. The highest BCUT2D eigenvalue weighted by Crippen LogP contribution is 2.12. The van der Waals surface area contributed by atoms with Crippen LogP contribution in [0.25, 0.3) is 0 Å². The lowest BCUT2D eigenvalue weighted by Gasteiger charge is -2.08. The van der Waals surface area contributed by atoms with Gasteiger partial charge < -0.3 is 10.1 Å². The first-order valence-electron chi connectivity index (χ1n) is 5.97. The van der Waals surface area contributed by atoms with Crippen molar-refractivity contribution in [2.24, 2.45) is 0 Å². The maximum absolute atomic E-state index is 13.4. The highest BCUT2D eigenvalue weighted by atomic mass is 19.1. The monoisotopic (exact) mass is 275 g/mol. The van der Waals surface area contributed by atoms with Crippen molar-refractivity contribution >= 4 is 17.6 Å². The highest BCUT2D eigenvalue weighted by Gasteiger charge is 2.03. The van der Waals surface area contributed by atoms with Gasteiger partial charge in [0.1, 0.15) is 11.6 Å². The van der Waals surface area contributed by atoms with Crippen molar-refractivity contribution in [2.75, 3.05) is 17.7 Å². The van der Waals surface area contributed by atoms with Gasteiger partial charge in [0.25, 0.3) is 0 Å². The normalized spacial score (nSPS) is 9.90. The fourth-order valence-electron chi connectivity index (χ4n) is 1.57. The van der Waals surface area contributed by atoms with Gasteiger partial charge in [0, 0.05) is 12.1 Å². The number of amides is 1. The lowest BCUT2D eigenvalue weighted by atomic mass is 10.2. The number of carbonyl (C=O) groups excluding carboxylic acids is 1. The molecule has 2 aromatic rings. The van der Waals surface area contributed by atoms with Gasteiger partial charge in [-0.05, 0) is 18.2 Å². The van der Waals surface area contributed by atoms with Crippen LogP contribution in [0.4, 0.5) is 20.7 Å². The van der Waals surface area contributed by atoms with E-state index in [0.29, 0.717) is 23.6 Å². The fraction of sp³-hybridized carbons (Fsp3) is 0.143. The molecular weight excluding hydrogens is 261 g/mol. The van der Waals surface area contributed by atoms with Crippen LogP contribution in [-0.4, -0.2) is 18.2 Å². The van der Waals surface area contributed by atoms with Gasteiger partial charge in [-0.15, -0.1) is 0 Å². The number of anilines is 2. The molecule has 2 rings (SSSR count). The van der Waals surface area contributed by atoms with Crippen LogP contribution in [0.15, 0.2) is 42.6 Å². The molecular formula is C14H14FN3O2. The van der Waals surface area contributed by atoms with E-state index >= 15 is 0 Å². The number of carbonyl (C=O) groups is 1. The third-order valence-electron chi connectivity index (χ3n) is 2.61. The molecule has 0 aliphatic heterocycles. The van der Waals surface area contributed by atoms with Gasteiger partial charge in [-0.3, -0.25) is 5.32 Å². The van der Waals surface area contributed by atoms with Gasteiger partial charge in [-0.25, -0.2) is 14.2 Å². The van der Waals surface area contributed by atoms with Crippen LogP contribution in [0, 0.1) is 5.82 Å². The van der Waals surface area contributed by atoms with Crippen LogP contribution >= 0.6 is 0 Å². The van der Waals surface area contributed by atoms with Gasteiger partial charge in [0.05, 0.1) is 19.0 Å². The largest absolute Gasteiger partial charge is 0.453 e. The Labute approximate surface area is 115 Å². The lowest BCUT2D eigenvalue weighted by molar-refractivity contribution is 0.187. The van der Waals surface area contributed by atoms with E-state index in [1.54, 1.807) is 30.3 Å². The number of nitrogens with zero attached hydrogens (tertiary/aromatic N) is 1. The molecule has 0 atom stereocenters.